The van der Waals surface area contributed by atoms with Gasteiger partial charge in [0.2, 0.25) is 0 Å². The van der Waals surface area contributed by atoms with E-state index in [1.165, 1.54) is 43.5 Å². The Labute approximate surface area is 101 Å². The fourth-order valence-electron chi connectivity index (χ4n) is 2.99. The SMILES string of the molecule is CC(NC1CC1)(c1nccs1)C1CCCC1. The predicted octanol–water partition coefficient (Wildman–Crippen LogP) is 3.30. The Morgan fingerprint density at radius 1 is 1.31 bits per heavy atom. The number of aromatic nitrogens is 1. The maximum absolute atomic E-state index is 4.57. The van der Waals surface area contributed by atoms with Gasteiger partial charge < -0.3 is 5.32 Å². The molecule has 2 aliphatic rings. The van der Waals surface area contributed by atoms with Crippen LogP contribution in [0.15, 0.2) is 11.6 Å². The Morgan fingerprint density at radius 2 is 2.06 bits per heavy atom. The number of rotatable bonds is 4. The third-order valence-corrected chi connectivity index (χ3v) is 5.14. The average Bonchev–Trinajstić information content (AvgIpc) is 2.83. The monoisotopic (exact) mass is 236 g/mol. The van der Waals surface area contributed by atoms with Crippen LogP contribution in [0.25, 0.3) is 0 Å². The lowest BCUT2D eigenvalue weighted by atomic mass is 9.84. The summed E-state index contributed by atoms with van der Waals surface area (Å²) >= 11 is 1.81. The van der Waals surface area contributed by atoms with Crippen molar-refractivity contribution in [1.29, 1.82) is 0 Å². The van der Waals surface area contributed by atoms with Crippen LogP contribution < -0.4 is 5.32 Å². The summed E-state index contributed by atoms with van der Waals surface area (Å²) in [6.07, 6.45) is 10.2. The standard InChI is InChI=1S/C13H20N2S/c1-13(15-11-6-7-11,10-4-2-3-5-10)12-14-8-9-16-12/h8-11,15H,2-7H2,1H3. The van der Waals surface area contributed by atoms with Gasteiger partial charge in [0.1, 0.15) is 5.01 Å². The molecule has 1 atom stereocenters. The van der Waals surface area contributed by atoms with Crippen LogP contribution >= 0.6 is 11.3 Å². The Balaban J connectivity index is 1.85. The first-order valence-electron chi connectivity index (χ1n) is 6.47. The van der Waals surface area contributed by atoms with Crippen molar-refractivity contribution in [2.75, 3.05) is 0 Å². The fraction of sp³-hybridized carbons (Fsp3) is 0.769. The zero-order chi connectivity index (χ0) is 11.0. The minimum Gasteiger partial charge on any atom is -0.303 e. The zero-order valence-electron chi connectivity index (χ0n) is 9.91. The molecule has 2 saturated carbocycles. The number of nitrogens with zero attached hydrogens (tertiary/aromatic N) is 1. The highest BCUT2D eigenvalue weighted by atomic mass is 32.1. The molecule has 3 heteroatoms. The van der Waals surface area contributed by atoms with Crippen molar-refractivity contribution in [2.24, 2.45) is 5.92 Å². The van der Waals surface area contributed by atoms with Crippen molar-refractivity contribution in [3.05, 3.63) is 16.6 Å². The van der Waals surface area contributed by atoms with Gasteiger partial charge in [-0.2, -0.15) is 0 Å². The van der Waals surface area contributed by atoms with E-state index in [-0.39, 0.29) is 5.54 Å². The molecule has 2 fully saturated rings. The Bertz CT molecular complexity index is 339. The van der Waals surface area contributed by atoms with Gasteiger partial charge in [-0.25, -0.2) is 4.98 Å². The maximum atomic E-state index is 4.57. The molecule has 0 aliphatic heterocycles. The van der Waals surface area contributed by atoms with Crippen molar-refractivity contribution in [3.8, 4) is 0 Å². The Morgan fingerprint density at radius 3 is 2.62 bits per heavy atom. The van der Waals surface area contributed by atoms with E-state index in [0.29, 0.717) is 0 Å². The number of hydrogen-bond acceptors (Lipinski definition) is 3. The summed E-state index contributed by atoms with van der Waals surface area (Å²) in [5.74, 6) is 0.791. The molecule has 1 N–H and O–H groups in total. The van der Waals surface area contributed by atoms with Gasteiger partial charge in [-0.05, 0) is 38.5 Å². The molecule has 0 aromatic carbocycles. The van der Waals surface area contributed by atoms with Gasteiger partial charge in [0, 0.05) is 17.6 Å². The third kappa shape index (κ3) is 1.91. The molecule has 0 amide bonds. The highest BCUT2D eigenvalue weighted by Crippen LogP contribution is 2.42. The molecule has 1 aromatic rings. The van der Waals surface area contributed by atoms with Gasteiger partial charge in [0.15, 0.2) is 0 Å². The van der Waals surface area contributed by atoms with E-state index in [2.05, 4.69) is 22.6 Å². The summed E-state index contributed by atoms with van der Waals surface area (Å²) in [5.41, 5.74) is 0.145. The summed E-state index contributed by atoms with van der Waals surface area (Å²) in [6.45, 7) is 2.38. The second-order valence-corrected chi connectivity index (χ2v) is 6.33. The summed E-state index contributed by atoms with van der Waals surface area (Å²) in [4.78, 5) is 4.57. The van der Waals surface area contributed by atoms with Crippen LogP contribution in [0, 0.1) is 5.92 Å². The second kappa shape index (κ2) is 4.11. The Kier molecular flexibility index (Phi) is 2.76. The van der Waals surface area contributed by atoms with Gasteiger partial charge >= 0.3 is 0 Å². The average molecular weight is 236 g/mol. The molecule has 2 aliphatic carbocycles. The van der Waals surface area contributed by atoms with E-state index < -0.39 is 0 Å². The van der Waals surface area contributed by atoms with Crippen LogP contribution in [0.2, 0.25) is 0 Å². The lowest BCUT2D eigenvalue weighted by Gasteiger charge is -2.35. The van der Waals surface area contributed by atoms with Gasteiger partial charge in [-0.3, -0.25) is 0 Å². The van der Waals surface area contributed by atoms with E-state index in [1.807, 2.05) is 17.5 Å². The topological polar surface area (TPSA) is 24.9 Å². The van der Waals surface area contributed by atoms with Crippen LogP contribution in [-0.4, -0.2) is 11.0 Å². The van der Waals surface area contributed by atoms with Gasteiger partial charge in [-0.15, -0.1) is 11.3 Å². The normalized spacial score (nSPS) is 25.8. The molecule has 1 aromatic heterocycles. The van der Waals surface area contributed by atoms with Crippen LogP contribution in [0.4, 0.5) is 0 Å². The molecule has 88 valence electrons. The van der Waals surface area contributed by atoms with Crippen molar-refractivity contribution in [3.63, 3.8) is 0 Å². The minimum atomic E-state index is 0.145. The Hall–Kier alpha value is -0.410. The molecule has 0 bridgehead atoms. The van der Waals surface area contributed by atoms with Crippen molar-refractivity contribution in [2.45, 2.75) is 57.0 Å². The van der Waals surface area contributed by atoms with E-state index in [0.717, 1.165) is 12.0 Å². The van der Waals surface area contributed by atoms with Crippen molar-refractivity contribution in [1.82, 2.24) is 10.3 Å². The first kappa shape index (κ1) is 10.7. The summed E-state index contributed by atoms with van der Waals surface area (Å²) in [5, 5.41) is 7.27. The fourth-order valence-corrected chi connectivity index (χ4v) is 3.83. The molecule has 0 radical (unpaired) electrons. The van der Waals surface area contributed by atoms with Crippen LogP contribution in [0.1, 0.15) is 50.5 Å². The summed E-state index contributed by atoms with van der Waals surface area (Å²) in [7, 11) is 0. The van der Waals surface area contributed by atoms with E-state index in [9.17, 15) is 0 Å². The molecule has 3 rings (SSSR count). The van der Waals surface area contributed by atoms with E-state index in [1.54, 1.807) is 0 Å². The maximum Gasteiger partial charge on any atom is 0.113 e. The molecule has 2 nitrogen and oxygen atoms in total. The first-order valence-corrected chi connectivity index (χ1v) is 7.34. The molecule has 1 unspecified atom stereocenters. The second-order valence-electron chi connectivity index (χ2n) is 5.44. The highest BCUT2D eigenvalue weighted by molar-refractivity contribution is 7.09. The number of hydrogen-bond donors (Lipinski definition) is 1. The van der Waals surface area contributed by atoms with Crippen molar-refractivity contribution >= 4 is 11.3 Å². The van der Waals surface area contributed by atoms with E-state index >= 15 is 0 Å². The highest BCUT2D eigenvalue weighted by Gasteiger charge is 2.42. The number of thiazole rings is 1. The minimum absolute atomic E-state index is 0.145. The molecular weight excluding hydrogens is 216 g/mol. The molecule has 0 saturated heterocycles. The smallest absolute Gasteiger partial charge is 0.113 e. The summed E-state index contributed by atoms with van der Waals surface area (Å²) < 4.78 is 0. The molecule has 0 spiro atoms. The molecule has 1 heterocycles. The first-order chi connectivity index (χ1) is 7.79. The quantitative estimate of drug-likeness (QED) is 0.867. The van der Waals surface area contributed by atoms with Crippen LogP contribution in [0.5, 0.6) is 0 Å². The zero-order valence-corrected chi connectivity index (χ0v) is 10.7. The lowest BCUT2D eigenvalue weighted by molar-refractivity contribution is 0.231. The van der Waals surface area contributed by atoms with Gasteiger partial charge in [0.25, 0.3) is 0 Å². The lowest BCUT2D eigenvalue weighted by Crippen LogP contribution is -2.46. The van der Waals surface area contributed by atoms with Gasteiger partial charge in [0.05, 0.1) is 5.54 Å². The molecular formula is C13H20N2S. The van der Waals surface area contributed by atoms with E-state index in [4.69, 9.17) is 0 Å². The van der Waals surface area contributed by atoms with Gasteiger partial charge in [-0.1, -0.05) is 12.8 Å². The third-order valence-electron chi connectivity index (χ3n) is 4.13. The summed E-state index contributed by atoms with van der Waals surface area (Å²) in [6, 6.07) is 0.759. The predicted molar refractivity (Wildman–Crippen MR) is 67.6 cm³/mol. The van der Waals surface area contributed by atoms with Crippen molar-refractivity contribution < 1.29 is 0 Å². The van der Waals surface area contributed by atoms with Crippen LogP contribution in [0.3, 0.4) is 0 Å². The van der Waals surface area contributed by atoms with Crippen LogP contribution in [-0.2, 0) is 5.54 Å². The largest absolute Gasteiger partial charge is 0.303 e. The molecule has 16 heavy (non-hydrogen) atoms. The number of nitrogens with one attached hydrogen (secondary N) is 1.